The lowest BCUT2D eigenvalue weighted by atomic mass is 10.2. The van der Waals surface area contributed by atoms with Crippen molar-refractivity contribution in [2.75, 3.05) is 0 Å². The Morgan fingerprint density at radius 2 is 1.56 bits per heavy atom. The van der Waals surface area contributed by atoms with Crippen molar-refractivity contribution in [3.05, 3.63) is 82.7 Å². The number of hydrazine groups is 1. The van der Waals surface area contributed by atoms with Gasteiger partial charge in [-0.3, -0.25) is 20.4 Å². The SMILES string of the molecule is Cc1nn(-c2ccc(F)cc2)c(C)c1C(=O)NNC(=O)c1ccccc1F. The van der Waals surface area contributed by atoms with Crippen LogP contribution in [-0.2, 0) is 0 Å². The number of benzene rings is 2. The molecule has 0 saturated carbocycles. The Kier molecular flexibility index (Phi) is 4.98. The topological polar surface area (TPSA) is 76.0 Å². The maximum Gasteiger partial charge on any atom is 0.273 e. The van der Waals surface area contributed by atoms with E-state index in [9.17, 15) is 18.4 Å². The minimum absolute atomic E-state index is 0.187. The first-order valence-corrected chi connectivity index (χ1v) is 8.06. The van der Waals surface area contributed by atoms with Crippen LogP contribution in [0.1, 0.15) is 32.1 Å². The minimum atomic E-state index is -0.775. The Bertz CT molecular complexity index is 1010. The second kappa shape index (κ2) is 7.36. The molecule has 0 aliphatic rings. The molecule has 0 spiro atoms. The van der Waals surface area contributed by atoms with E-state index in [4.69, 9.17) is 0 Å². The molecule has 1 heterocycles. The maximum absolute atomic E-state index is 13.6. The first-order chi connectivity index (χ1) is 12.9. The molecular formula is C19H16F2N4O2. The molecule has 138 valence electrons. The molecule has 2 amide bonds. The van der Waals surface area contributed by atoms with Gasteiger partial charge in [-0.05, 0) is 50.2 Å². The van der Waals surface area contributed by atoms with E-state index < -0.39 is 17.6 Å². The van der Waals surface area contributed by atoms with Gasteiger partial charge in [0.2, 0.25) is 0 Å². The normalized spacial score (nSPS) is 10.5. The van der Waals surface area contributed by atoms with Crippen molar-refractivity contribution in [1.82, 2.24) is 20.6 Å². The molecule has 1 aromatic heterocycles. The fraction of sp³-hybridized carbons (Fsp3) is 0.105. The summed E-state index contributed by atoms with van der Waals surface area (Å²) < 4.78 is 28.2. The molecule has 0 atom stereocenters. The molecule has 0 aliphatic heterocycles. The van der Waals surface area contributed by atoms with Crippen LogP contribution in [0.4, 0.5) is 8.78 Å². The van der Waals surface area contributed by atoms with Gasteiger partial charge >= 0.3 is 0 Å². The number of nitrogens with zero attached hydrogens (tertiary/aromatic N) is 2. The lowest BCUT2D eigenvalue weighted by Gasteiger charge is -2.09. The third kappa shape index (κ3) is 3.69. The van der Waals surface area contributed by atoms with Gasteiger partial charge in [0.1, 0.15) is 11.6 Å². The summed E-state index contributed by atoms with van der Waals surface area (Å²) in [4.78, 5) is 24.5. The summed E-state index contributed by atoms with van der Waals surface area (Å²) in [5.41, 5.74) is 6.04. The fourth-order valence-electron chi connectivity index (χ4n) is 2.69. The molecular weight excluding hydrogens is 354 g/mol. The van der Waals surface area contributed by atoms with Crippen LogP contribution in [0.3, 0.4) is 0 Å². The molecule has 3 aromatic rings. The second-order valence-electron chi connectivity index (χ2n) is 5.82. The van der Waals surface area contributed by atoms with Gasteiger partial charge in [-0.2, -0.15) is 5.10 Å². The number of rotatable bonds is 3. The molecule has 0 unspecified atom stereocenters. The molecule has 6 nitrogen and oxygen atoms in total. The molecule has 2 N–H and O–H groups in total. The number of carbonyl (C=O) groups excluding carboxylic acids is 2. The van der Waals surface area contributed by atoms with Gasteiger partial charge < -0.3 is 0 Å². The molecule has 0 bridgehead atoms. The van der Waals surface area contributed by atoms with Crippen LogP contribution in [-0.4, -0.2) is 21.6 Å². The van der Waals surface area contributed by atoms with Gasteiger partial charge in [-0.25, -0.2) is 13.5 Å². The predicted octanol–water partition coefficient (Wildman–Crippen LogP) is 2.84. The van der Waals surface area contributed by atoms with Gasteiger partial charge in [0.25, 0.3) is 11.8 Å². The number of aromatic nitrogens is 2. The van der Waals surface area contributed by atoms with Crippen LogP contribution in [0.15, 0.2) is 48.5 Å². The van der Waals surface area contributed by atoms with Crippen LogP contribution >= 0.6 is 0 Å². The van der Waals surface area contributed by atoms with Crippen molar-refractivity contribution < 1.29 is 18.4 Å². The first kappa shape index (κ1) is 18.2. The number of hydrogen-bond acceptors (Lipinski definition) is 3. The van der Waals surface area contributed by atoms with Gasteiger partial charge in [0.05, 0.1) is 28.2 Å². The Morgan fingerprint density at radius 3 is 2.22 bits per heavy atom. The molecule has 2 aromatic carbocycles. The maximum atomic E-state index is 13.6. The lowest BCUT2D eigenvalue weighted by Crippen LogP contribution is -2.42. The monoisotopic (exact) mass is 370 g/mol. The molecule has 27 heavy (non-hydrogen) atoms. The quantitative estimate of drug-likeness (QED) is 0.696. The zero-order valence-corrected chi connectivity index (χ0v) is 14.6. The Balaban J connectivity index is 1.78. The molecule has 0 fully saturated rings. The standard InChI is InChI=1S/C19H16F2N4O2/c1-11-17(12(2)25(24-11)14-9-7-13(20)8-10-14)19(27)23-22-18(26)15-5-3-4-6-16(15)21/h3-10H,1-2H3,(H,22,26)(H,23,27). The highest BCUT2D eigenvalue weighted by Gasteiger charge is 2.20. The number of aryl methyl sites for hydroxylation is 1. The summed E-state index contributed by atoms with van der Waals surface area (Å²) in [6.07, 6.45) is 0. The minimum Gasteiger partial charge on any atom is -0.267 e. The number of amides is 2. The van der Waals surface area contributed by atoms with E-state index in [1.165, 1.54) is 47.1 Å². The van der Waals surface area contributed by atoms with Crippen molar-refractivity contribution in [3.8, 4) is 5.69 Å². The van der Waals surface area contributed by atoms with Crippen molar-refractivity contribution in [3.63, 3.8) is 0 Å². The van der Waals surface area contributed by atoms with E-state index >= 15 is 0 Å². The average molecular weight is 370 g/mol. The summed E-state index contributed by atoms with van der Waals surface area (Å²) in [5, 5.41) is 4.29. The van der Waals surface area contributed by atoms with Gasteiger partial charge in [-0.15, -0.1) is 0 Å². The highest BCUT2D eigenvalue weighted by atomic mass is 19.1. The van der Waals surface area contributed by atoms with Crippen molar-refractivity contribution in [1.29, 1.82) is 0 Å². The zero-order chi connectivity index (χ0) is 19.6. The van der Waals surface area contributed by atoms with E-state index in [2.05, 4.69) is 16.0 Å². The molecule has 0 saturated heterocycles. The van der Waals surface area contributed by atoms with Crippen LogP contribution < -0.4 is 10.9 Å². The van der Waals surface area contributed by atoms with Gasteiger partial charge in [0.15, 0.2) is 0 Å². The Morgan fingerprint density at radius 1 is 0.926 bits per heavy atom. The van der Waals surface area contributed by atoms with E-state index in [0.717, 1.165) is 6.07 Å². The molecule has 3 rings (SSSR count). The highest BCUT2D eigenvalue weighted by molar-refractivity contribution is 6.00. The lowest BCUT2D eigenvalue weighted by molar-refractivity contribution is 0.0843. The highest BCUT2D eigenvalue weighted by Crippen LogP contribution is 2.18. The van der Waals surface area contributed by atoms with E-state index in [1.54, 1.807) is 13.8 Å². The predicted molar refractivity (Wildman–Crippen MR) is 94.3 cm³/mol. The summed E-state index contributed by atoms with van der Waals surface area (Å²) in [6.45, 7) is 3.32. The van der Waals surface area contributed by atoms with E-state index in [1.807, 2.05) is 0 Å². The van der Waals surface area contributed by atoms with Crippen molar-refractivity contribution in [2.45, 2.75) is 13.8 Å². The van der Waals surface area contributed by atoms with Crippen molar-refractivity contribution >= 4 is 11.8 Å². The summed E-state index contributed by atoms with van der Waals surface area (Å²) in [6, 6.07) is 11.1. The Hall–Kier alpha value is -3.55. The summed E-state index contributed by atoms with van der Waals surface area (Å²) in [7, 11) is 0. The zero-order valence-electron chi connectivity index (χ0n) is 14.6. The van der Waals surface area contributed by atoms with Gasteiger partial charge in [0, 0.05) is 0 Å². The first-order valence-electron chi connectivity index (χ1n) is 8.06. The second-order valence-corrected chi connectivity index (χ2v) is 5.82. The average Bonchev–Trinajstić information content (AvgIpc) is 2.95. The number of halogens is 2. The van der Waals surface area contributed by atoms with E-state index in [-0.39, 0.29) is 16.9 Å². The smallest absolute Gasteiger partial charge is 0.267 e. The van der Waals surface area contributed by atoms with E-state index in [0.29, 0.717) is 17.1 Å². The molecule has 0 aliphatic carbocycles. The van der Waals surface area contributed by atoms with Crippen LogP contribution in [0.2, 0.25) is 0 Å². The van der Waals surface area contributed by atoms with Crippen LogP contribution in [0.25, 0.3) is 5.69 Å². The van der Waals surface area contributed by atoms with Crippen LogP contribution in [0.5, 0.6) is 0 Å². The van der Waals surface area contributed by atoms with Crippen molar-refractivity contribution in [2.24, 2.45) is 0 Å². The largest absolute Gasteiger partial charge is 0.273 e. The Labute approximate surface area is 153 Å². The number of carbonyl (C=O) groups is 2. The molecule has 0 radical (unpaired) electrons. The number of nitrogens with one attached hydrogen (secondary N) is 2. The number of hydrogen-bond donors (Lipinski definition) is 2. The summed E-state index contributed by atoms with van der Waals surface area (Å²) in [5.74, 6) is -2.44. The third-order valence-electron chi connectivity index (χ3n) is 4.00. The molecule has 8 heteroatoms. The van der Waals surface area contributed by atoms with Crippen LogP contribution in [0, 0.1) is 25.5 Å². The summed E-state index contributed by atoms with van der Waals surface area (Å²) >= 11 is 0. The fourth-order valence-corrected chi connectivity index (χ4v) is 2.69. The van der Waals surface area contributed by atoms with Gasteiger partial charge in [-0.1, -0.05) is 12.1 Å². The third-order valence-corrected chi connectivity index (χ3v) is 4.00.